The third-order valence-corrected chi connectivity index (χ3v) is 4.73. The first kappa shape index (κ1) is 18.1. The topological polar surface area (TPSA) is 75.6 Å². The minimum atomic E-state index is -0.575. The molecule has 26 heavy (non-hydrogen) atoms. The molecule has 3 rings (SSSR count). The van der Waals surface area contributed by atoms with Crippen LogP contribution in [-0.4, -0.2) is 36.2 Å². The predicted molar refractivity (Wildman–Crippen MR) is 99.0 cm³/mol. The molecule has 0 saturated heterocycles. The second-order valence-electron chi connectivity index (χ2n) is 6.59. The molecule has 0 aromatic heterocycles. The molecule has 0 bridgehead atoms. The molecule has 0 saturated carbocycles. The number of rotatable bonds is 7. The van der Waals surface area contributed by atoms with Crippen molar-refractivity contribution in [2.45, 2.75) is 31.7 Å². The normalized spacial score (nSPS) is 13.6. The monoisotopic (exact) mass is 353 g/mol. The van der Waals surface area contributed by atoms with E-state index in [1.807, 2.05) is 24.3 Å². The fraction of sp³-hybridized carbons (Fsp3) is 0.333. The number of fused-ring (bicyclic) bond motifs is 3. The van der Waals surface area contributed by atoms with Gasteiger partial charge in [-0.2, -0.15) is 0 Å². The van der Waals surface area contributed by atoms with Crippen molar-refractivity contribution in [1.82, 2.24) is 5.32 Å². The van der Waals surface area contributed by atoms with Crippen LogP contribution in [0.4, 0.5) is 4.79 Å². The van der Waals surface area contributed by atoms with Crippen molar-refractivity contribution in [3.63, 3.8) is 0 Å². The molecule has 1 aliphatic carbocycles. The highest BCUT2D eigenvalue weighted by atomic mass is 16.5. The molecule has 0 unspecified atom stereocenters. The summed E-state index contributed by atoms with van der Waals surface area (Å²) in [7, 11) is 0. The Bertz CT molecular complexity index is 757. The number of alkyl carbamates (subject to hydrolysis) is 1. The van der Waals surface area contributed by atoms with Gasteiger partial charge in [-0.15, -0.1) is 0 Å². The van der Waals surface area contributed by atoms with E-state index in [9.17, 15) is 14.7 Å². The molecule has 0 spiro atoms. The first-order chi connectivity index (χ1) is 12.6. The maximum Gasteiger partial charge on any atom is 0.407 e. The second-order valence-corrected chi connectivity index (χ2v) is 6.59. The summed E-state index contributed by atoms with van der Waals surface area (Å²) in [4.78, 5) is 23.2. The zero-order chi connectivity index (χ0) is 18.5. The van der Waals surface area contributed by atoms with E-state index in [2.05, 4.69) is 29.6 Å². The molecule has 1 amide bonds. The Morgan fingerprint density at radius 1 is 1.08 bits per heavy atom. The van der Waals surface area contributed by atoms with E-state index in [4.69, 9.17) is 4.74 Å². The van der Waals surface area contributed by atoms with Crippen LogP contribution in [0, 0.1) is 0 Å². The lowest BCUT2D eigenvalue weighted by Gasteiger charge is -2.18. The van der Waals surface area contributed by atoms with Crippen LogP contribution in [0.1, 0.15) is 36.8 Å². The van der Waals surface area contributed by atoms with Gasteiger partial charge in [0.2, 0.25) is 0 Å². The summed E-state index contributed by atoms with van der Waals surface area (Å²) in [6, 6.07) is 15.8. The Balaban J connectivity index is 1.64. The largest absolute Gasteiger partial charge is 0.449 e. The molecule has 5 nitrogen and oxygen atoms in total. The third-order valence-electron chi connectivity index (χ3n) is 4.73. The van der Waals surface area contributed by atoms with Gasteiger partial charge < -0.3 is 20.0 Å². The Hall–Kier alpha value is -2.66. The number of amides is 1. The van der Waals surface area contributed by atoms with Gasteiger partial charge >= 0.3 is 6.09 Å². The summed E-state index contributed by atoms with van der Waals surface area (Å²) in [5.74, 6) is 0.0238. The zero-order valence-electron chi connectivity index (χ0n) is 14.8. The third kappa shape index (κ3) is 3.94. The fourth-order valence-corrected chi connectivity index (χ4v) is 3.39. The van der Waals surface area contributed by atoms with E-state index >= 15 is 0 Å². The molecular formula is C21H23NO4. The van der Waals surface area contributed by atoms with Crippen LogP contribution in [0.25, 0.3) is 11.1 Å². The summed E-state index contributed by atoms with van der Waals surface area (Å²) in [5.41, 5.74) is 4.65. The van der Waals surface area contributed by atoms with Crippen LogP contribution >= 0.6 is 0 Å². The maximum absolute atomic E-state index is 12.1. The molecular weight excluding hydrogens is 330 g/mol. The summed E-state index contributed by atoms with van der Waals surface area (Å²) in [6.07, 6.45) is 0.139. The molecule has 2 aromatic carbocycles. The second kappa shape index (κ2) is 8.15. The minimum Gasteiger partial charge on any atom is -0.449 e. The number of carbonyl (C=O) groups is 2. The lowest BCUT2D eigenvalue weighted by atomic mass is 9.98. The summed E-state index contributed by atoms with van der Waals surface area (Å²) in [6.45, 7) is 1.49. The molecule has 136 valence electrons. The average Bonchev–Trinajstić information content (AvgIpc) is 2.97. The summed E-state index contributed by atoms with van der Waals surface area (Å²) >= 11 is 0. The molecule has 0 fully saturated rings. The number of ether oxygens (including phenoxy) is 1. The van der Waals surface area contributed by atoms with Crippen LogP contribution in [0.15, 0.2) is 48.5 Å². The number of aliphatic hydroxyl groups excluding tert-OH is 1. The van der Waals surface area contributed by atoms with Crippen molar-refractivity contribution in [2.24, 2.45) is 0 Å². The number of carbonyl (C=O) groups excluding carboxylic acids is 2. The van der Waals surface area contributed by atoms with Crippen LogP contribution in [0.3, 0.4) is 0 Å². The molecule has 1 atom stereocenters. The van der Waals surface area contributed by atoms with Crippen molar-refractivity contribution >= 4 is 11.9 Å². The van der Waals surface area contributed by atoms with Crippen molar-refractivity contribution in [1.29, 1.82) is 0 Å². The Morgan fingerprint density at radius 3 is 2.19 bits per heavy atom. The van der Waals surface area contributed by atoms with E-state index in [-0.39, 0.29) is 24.9 Å². The predicted octanol–water partition coefficient (Wildman–Crippen LogP) is 3.26. The number of Topliss-reactive ketones (excluding diaryl/α,β-unsaturated/α-hetero) is 1. The van der Waals surface area contributed by atoms with Crippen LogP contribution in [0.5, 0.6) is 0 Å². The highest BCUT2D eigenvalue weighted by molar-refractivity contribution is 5.79. The quantitative estimate of drug-likeness (QED) is 0.801. The lowest BCUT2D eigenvalue weighted by Crippen LogP contribution is -2.38. The van der Waals surface area contributed by atoms with Gasteiger partial charge in [-0.05, 0) is 35.6 Å². The van der Waals surface area contributed by atoms with Crippen LogP contribution in [0.2, 0.25) is 0 Å². The molecule has 2 aromatic rings. The van der Waals surface area contributed by atoms with Gasteiger partial charge in [0.1, 0.15) is 12.4 Å². The van der Waals surface area contributed by atoms with Gasteiger partial charge in [0.15, 0.2) is 0 Å². The van der Waals surface area contributed by atoms with Gasteiger partial charge in [0.25, 0.3) is 0 Å². The minimum absolute atomic E-state index is 0.00190. The van der Waals surface area contributed by atoms with Crippen LogP contribution in [-0.2, 0) is 9.53 Å². The standard InChI is InChI=1S/C21H23NO4/c1-14(24)10-11-15(12-23)22-21(25)26-13-20-18-8-4-2-6-16(18)17-7-3-5-9-19(17)20/h2-9,15,20,23H,10-13H2,1H3,(H,22,25)/t15-/m0/s1. The Labute approximate surface area is 153 Å². The molecule has 0 radical (unpaired) electrons. The fourth-order valence-electron chi connectivity index (χ4n) is 3.39. The van der Waals surface area contributed by atoms with Crippen molar-refractivity contribution in [2.75, 3.05) is 13.2 Å². The van der Waals surface area contributed by atoms with E-state index < -0.39 is 12.1 Å². The van der Waals surface area contributed by atoms with E-state index in [1.165, 1.54) is 18.1 Å². The van der Waals surface area contributed by atoms with Crippen molar-refractivity contribution < 1.29 is 19.4 Å². The average molecular weight is 353 g/mol. The molecule has 0 aliphatic heterocycles. The van der Waals surface area contributed by atoms with E-state index in [1.54, 1.807) is 0 Å². The van der Waals surface area contributed by atoms with Crippen LogP contribution < -0.4 is 5.32 Å². The van der Waals surface area contributed by atoms with E-state index in [0.717, 1.165) is 11.1 Å². The maximum atomic E-state index is 12.1. The molecule has 1 aliphatic rings. The van der Waals surface area contributed by atoms with Gasteiger partial charge in [-0.3, -0.25) is 0 Å². The number of ketones is 1. The smallest absolute Gasteiger partial charge is 0.407 e. The SMILES string of the molecule is CC(=O)CC[C@@H](CO)NC(=O)OCC1c2ccccc2-c2ccccc21. The van der Waals surface area contributed by atoms with Crippen molar-refractivity contribution in [3.05, 3.63) is 59.7 Å². The van der Waals surface area contributed by atoms with Gasteiger partial charge in [-0.25, -0.2) is 4.79 Å². The molecule has 0 heterocycles. The molecule has 2 N–H and O–H groups in total. The number of hydrogen-bond donors (Lipinski definition) is 2. The number of hydrogen-bond acceptors (Lipinski definition) is 4. The Kier molecular flexibility index (Phi) is 5.68. The first-order valence-electron chi connectivity index (χ1n) is 8.82. The number of nitrogens with one attached hydrogen (secondary N) is 1. The molecule has 5 heteroatoms. The first-order valence-corrected chi connectivity index (χ1v) is 8.82. The van der Waals surface area contributed by atoms with Crippen molar-refractivity contribution in [3.8, 4) is 11.1 Å². The summed E-state index contributed by atoms with van der Waals surface area (Å²) < 4.78 is 5.43. The summed E-state index contributed by atoms with van der Waals surface area (Å²) in [5, 5.41) is 12.0. The highest BCUT2D eigenvalue weighted by Gasteiger charge is 2.29. The van der Waals surface area contributed by atoms with Gasteiger partial charge in [0, 0.05) is 12.3 Å². The van der Waals surface area contributed by atoms with E-state index in [0.29, 0.717) is 12.8 Å². The zero-order valence-corrected chi connectivity index (χ0v) is 14.8. The van der Waals surface area contributed by atoms with Gasteiger partial charge in [-0.1, -0.05) is 48.5 Å². The highest BCUT2D eigenvalue weighted by Crippen LogP contribution is 2.44. The number of benzene rings is 2. The van der Waals surface area contributed by atoms with Gasteiger partial charge in [0.05, 0.1) is 12.6 Å². The number of aliphatic hydroxyl groups is 1. The lowest BCUT2D eigenvalue weighted by molar-refractivity contribution is -0.117. The Morgan fingerprint density at radius 2 is 1.65 bits per heavy atom.